The molecule has 0 radical (unpaired) electrons. The van der Waals surface area contributed by atoms with Gasteiger partial charge in [0.15, 0.2) is 4.60 Å². The number of hydrogen-bond acceptors (Lipinski definition) is 5. The van der Waals surface area contributed by atoms with Gasteiger partial charge in [-0.25, -0.2) is 10.1 Å². The zero-order valence-electron chi connectivity index (χ0n) is 10.1. The molecule has 5 nitrogen and oxygen atoms in total. The molecule has 1 heterocycles. The van der Waals surface area contributed by atoms with E-state index in [9.17, 15) is 0 Å². The van der Waals surface area contributed by atoms with Crippen LogP contribution in [-0.4, -0.2) is 21.2 Å². The maximum atomic E-state index is 5.71. The molecular weight excluding hydrogens is 314 g/mol. The SMILES string of the molecule is CSc1ccccc1C(NN)c1c(Br)nnn1C. The first kappa shape index (κ1) is 13.5. The van der Waals surface area contributed by atoms with Crippen LogP contribution in [0.1, 0.15) is 17.3 Å². The smallest absolute Gasteiger partial charge is 0.153 e. The van der Waals surface area contributed by atoms with Gasteiger partial charge in [0.05, 0.1) is 11.7 Å². The summed E-state index contributed by atoms with van der Waals surface area (Å²) >= 11 is 5.09. The lowest BCUT2D eigenvalue weighted by Crippen LogP contribution is -2.31. The molecule has 0 aliphatic carbocycles. The number of hydrazine groups is 1. The van der Waals surface area contributed by atoms with E-state index in [1.807, 2.05) is 25.4 Å². The Balaban J connectivity index is 2.52. The lowest BCUT2D eigenvalue weighted by Gasteiger charge is -2.19. The minimum absolute atomic E-state index is 0.150. The van der Waals surface area contributed by atoms with Crippen molar-refractivity contribution >= 4 is 27.7 Å². The van der Waals surface area contributed by atoms with Gasteiger partial charge in [0.2, 0.25) is 0 Å². The third-order valence-electron chi connectivity index (χ3n) is 2.72. The van der Waals surface area contributed by atoms with Crippen LogP contribution >= 0.6 is 27.7 Å². The molecule has 2 rings (SSSR count). The molecular formula is C11H14BrN5S. The van der Waals surface area contributed by atoms with Crippen molar-refractivity contribution < 1.29 is 0 Å². The van der Waals surface area contributed by atoms with E-state index in [4.69, 9.17) is 5.84 Å². The summed E-state index contributed by atoms with van der Waals surface area (Å²) < 4.78 is 2.41. The first-order valence-corrected chi connectivity index (χ1v) is 7.35. The van der Waals surface area contributed by atoms with Crippen molar-refractivity contribution in [1.82, 2.24) is 20.4 Å². The van der Waals surface area contributed by atoms with Gasteiger partial charge in [-0.3, -0.25) is 5.84 Å². The number of nitrogens with two attached hydrogens (primary N) is 1. The third-order valence-corrected chi connectivity index (χ3v) is 4.09. The summed E-state index contributed by atoms with van der Waals surface area (Å²) in [6.45, 7) is 0. The molecule has 1 aromatic carbocycles. The molecule has 0 aliphatic heterocycles. The molecule has 0 saturated heterocycles. The van der Waals surface area contributed by atoms with Gasteiger partial charge in [-0.1, -0.05) is 23.4 Å². The quantitative estimate of drug-likeness (QED) is 0.509. The lowest BCUT2D eigenvalue weighted by molar-refractivity contribution is 0.563. The number of thioether (sulfide) groups is 1. The summed E-state index contributed by atoms with van der Waals surface area (Å²) in [5.74, 6) is 5.71. The Kier molecular flexibility index (Phi) is 4.39. The maximum Gasteiger partial charge on any atom is 0.153 e. The molecule has 2 aromatic rings. The molecule has 1 aromatic heterocycles. The Morgan fingerprint density at radius 2 is 2.17 bits per heavy atom. The molecule has 1 atom stereocenters. The van der Waals surface area contributed by atoms with Gasteiger partial charge in [-0.05, 0) is 33.8 Å². The van der Waals surface area contributed by atoms with Crippen LogP contribution in [0, 0.1) is 0 Å². The molecule has 0 saturated carbocycles. The highest BCUT2D eigenvalue weighted by atomic mass is 79.9. The van der Waals surface area contributed by atoms with E-state index in [0.717, 1.165) is 11.3 Å². The van der Waals surface area contributed by atoms with Gasteiger partial charge >= 0.3 is 0 Å². The minimum Gasteiger partial charge on any atom is -0.271 e. The van der Waals surface area contributed by atoms with E-state index in [1.165, 1.54) is 4.90 Å². The molecule has 3 N–H and O–H groups in total. The van der Waals surface area contributed by atoms with Crippen LogP contribution in [0.15, 0.2) is 33.8 Å². The average molecular weight is 328 g/mol. The second-order valence-corrected chi connectivity index (χ2v) is 5.33. The Hall–Kier alpha value is -0.890. The molecule has 0 bridgehead atoms. The monoisotopic (exact) mass is 327 g/mol. The van der Waals surface area contributed by atoms with Gasteiger partial charge in [0.25, 0.3) is 0 Å². The van der Waals surface area contributed by atoms with E-state index < -0.39 is 0 Å². The van der Waals surface area contributed by atoms with Crippen molar-refractivity contribution in [3.8, 4) is 0 Å². The van der Waals surface area contributed by atoms with E-state index in [0.29, 0.717) is 4.60 Å². The highest BCUT2D eigenvalue weighted by Gasteiger charge is 2.22. The number of benzene rings is 1. The molecule has 7 heteroatoms. The van der Waals surface area contributed by atoms with E-state index in [-0.39, 0.29) is 6.04 Å². The molecule has 18 heavy (non-hydrogen) atoms. The van der Waals surface area contributed by atoms with Crippen molar-refractivity contribution in [1.29, 1.82) is 0 Å². The molecule has 1 unspecified atom stereocenters. The maximum absolute atomic E-state index is 5.71. The average Bonchev–Trinajstić information content (AvgIpc) is 2.72. The number of aryl methyl sites for hydroxylation is 1. The van der Waals surface area contributed by atoms with Crippen LogP contribution in [0.25, 0.3) is 0 Å². The Bertz CT molecular complexity index is 522. The van der Waals surface area contributed by atoms with Crippen LogP contribution in [-0.2, 0) is 7.05 Å². The van der Waals surface area contributed by atoms with Gasteiger partial charge in [-0.15, -0.1) is 16.9 Å². The molecule has 96 valence electrons. The summed E-state index contributed by atoms with van der Waals surface area (Å²) in [6.07, 6.45) is 2.04. The molecule has 0 spiro atoms. The summed E-state index contributed by atoms with van der Waals surface area (Å²) in [5, 5.41) is 7.98. The van der Waals surface area contributed by atoms with Gasteiger partial charge in [0, 0.05) is 11.9 Å². The highest BCUT2D eigenvalue weighted by molar-refractivity contribution is 9.10. The predicted octanol–water partition coefficient (Wildman–Crippen LogP) is 1.85. The zero-order valence-corrected chi connectivity index (χ0v) is 12.5. The normalized spacial score (nSPS) is 12.7. The Labute approximate surface area is 118 Å². The number of halogens is 1. The number of rotatable bonds is 4. The fourth-order valence-electron chi connectivity index (χ4n) is 1.87. The molecule has 0 amide bonds. The molecule has 0 aliphatic rings. The summed E-state index contributed by atoms with van der Waals surface area (Å²) in [7, 11) is 1.85. The lowest BCUT2D eigenvalue weighted by atomic mass is 10.0. The Morgan fingerprint density at radius 3 is 2.72 bits per heavy atom. The highest BCUT2D eigenvalue weighted by Crippen LogP contribution is 2.31. The number of aromatic nitrogens is 3. The van der Waals surface area contributed by atoms with Crippen molar-refractivity contribution in [3.63, 3.8) is 0 Å². The fraction of sp³-hybridized carbons (Fsp3) is 0.273. The zero-order chi connectivity index (χ0) is 13.1. The predicted molar refractivity (Wildman–Crippen MR) is 76.1 cm³/mol. The van der Waals surface area contributed by atoms with Gasteiger partial charge in [0.1, 0.15) is 0 Å². The first-order valence-electron chi connectivity index (χ1n) is 5.33. The van der Waals surface area contributed by atoms with Crippen molar-refractivity contribution in [2.75, 3.05) is 6.26 Å². The molecule has 0 fully saturated rings. The van der Waals surface area contributed by atoms with E-state index >= 15 is 0 Å². The topological polar surface area (TPSA) is 68.8 Å². The number of nitrogens with one attached hydrogen (secondary N) is 1. The van der Waals surface area contributed by atoms with Crippen LogP contribution in [0.4, 0.5) is 0 Å². The summed E-state index contributed by atoms with van der Waals surface area (Å²) in [5.41, 5.74) is 4.84. The number of nitrogens with zero attached hydrogens (tertiary/aromatic N) is 3. The van der Waals surface area contributed by atoms with E-state index in [2.05, 4.69) is 43.8 Å². The van der Waals surface area contributed by atoms with Crippen molar-refractivity contribution in [3.05, 3.63) is 40.1 Å². The van der Waals surface area contributed by atoms with Crippen LogP contribution in [0.3, 0.4) is 0 Å². The van der Waals surface area contributed by atoms with Crippen LogP contribution < -0.4 is 11.3 Å². The fourth-order valence-corrected chi connectivity index (χ4v) is 3.06. The van der Waals surface area contributed by atoms with Crippen LogP contribution in [0.2, 0.25) is 0 Å². The minimum atomic E-state index is -0.150. The number of hydrogen-bond donors (Lipinski definition) is 2. The second kappa shape index (κ2) is 5.83. The van der Waals surface area contributed by atoms with Crippen molar-refractivity contribution in [2.45, 2.75) is 10.9 Å². The van der Waals surface area contributed by atoms with Gasteiger partial charge < -0.3 is 0 Å². The Morgan fingerprint density at radius 1 is 1.44 bits per heavy atom. The van der Waals surface area contributed by atoms with E-state index in [1.54, 1.807) is 16.4 Å². The standard InChI is InChI=1S/C11H14BrN5S/c1-17-10(11(12)15-16-17)9(14-13)7-5-3-4-6-8(7)18-2/h3-6,9,14H,13H2,1-2H3. The second-order valence-electron chi connectivity index (χ2n) is 3.73. The third kappa shape index (κ3) is 2.44. The van der Waals surface area contributed by atoms with Crippen molar-refractivity contribution in [2.24, 2.45) is 12.9 Å². The summed E-state index contributed by atoms with van der Waals surface area (Å²) in [4.78, 5) is 1.17. The van der Waals surface area contributed by atoms with Crippen LogP contribution in [0.5, 0.6) is 0 Å². The first-order chi connectivity index (χ1) is 8.69. The summed E-state index contributed by atoms with van der Waals surface area (Å²) in [6, 6.07) is 7.98. The van der Waals surface area contributed by atoms with Gasteiger partial charge in [-0.2, -0.15) is 0 Å². The largest absolute Gasteiger partial charge is 0.271 e.